The van der Waals surface area contributed by atoms with Gasteiger partial charge in [0.1, 0.15) is 17.1 Å². The van der Waals surface area contributed by atoms with Gasteiger partial charge in [0.15, 0.2) is 0 Å². The number of piperidine rings is 1. The second kappa shape index (κ2) is 7.48. The molecule has 1 aromatic carbocycles. The SMILES string of the molecule is O=C(Cn1c(N2CCCCC2)nc2ccsc2c1=O)Nc1ccc(F)cc1. The third kappa shape index (κ3) is 3.71. The molecule has 1 aliphatic rings. The normalized spacial score (nSPS) is 14.5. The largest absolute Gasteiger partial charge is 0.342 e. The fourth-order valence-corrected chi connectivity index (χ4v) is 4.07. The van der Waals surface area contributed by atoms with Crippen molar-refractivity contribution in [2.75, 3.05) is 23.3 Å². The van der Waals surface area contributed by atoms with Crippen molar-refractivity contribution in [3.63, 3.8) is 0 Å². The van der Waals surface area contributed by atoms with E-state index in [0.717, 1.165) is 32.4 Å². The predicted octanol–water partition coefficient (Wildman–Crippen LogP) is 3.23. The summed E-state index contributed by atoms with van der Waals surface area (Å²) in [5.74, 6) is -0.177. The number of rotatable bonds is 4. The lowest BCUT2D eigenvalue weighted by Gasteiger charge is -2.29. The van der Waals surface area contributed by atoms with E-state index in [1.165, 1.54) is 40.2 Å². The second-order valence-electron chi connectivity index (χ2n) is 6.54. The molecule has 0 atom stereocenters. The summed E-state index contributed by atoms with van der Waals surface area (Å²) < 4.78 is 15.0. The summed E-state index contributed by atoms with van der Waals surface area (Å²) in [6, 6.07) is 7.36. The van der Waals surface area contributed by atoms with Crippen molar-refractivity contribution >= 4 is 39.1 Å². The van der Waals surface area contributed by atoms with Crippen LogP contribution in [0.2, 0.25) is 0 Å². The highest BCUT2D eigenvalue weighted by molar-refractivity contribution is 7.17. The number of hydrogen-bond donors (Lipinski definition) is 1. The molecule has 1 saturated heterocycles. The lowest BCUT2D eigenvalue weighted by molar-refractivity contribution is -0.116. The van der Waals surface area contributed by atoms with Gasteiger partial charge in [-0.1, -0.05) is 0 Å². The van der Waals surface area contributed by atoms with Crippen LogP contribution in [0, 0.1) is 5.82 Å². The summed E-state index contributed by atoms with van der Waals surface area (Å²) in [5.41, 5.74) is 0.949. The number of fused-ring (bicyclic) bond motifs is 1. The zero-order valence-electron chi connectivity index (χ0n) is 14.7. The Hall–Kier alpha value is -2.74. The lowest BCUT2D eigenvalue weighted by Crippen LogP contribution is -2.38. The van der Waals surface area contributed by atoms with Gasteiger partial charge in [-0.15, -0.1) is 11.3 Å². The third-order valence-corrected chi connectivity index (χ3v) is 5.51. The van der Waals surface area contributed by atoms with Gasteiger partial charge in [-0.05, 0) is 55.0 Å². The van der Waals surface area contributed by atoms with Crippen LogP contribution in [0.25, 0.3) is 10.2 Å². The summed E-state index contributed by atoms with van der Waals surface area (Å²) in [4.78, 5) is 32.2. The van der Waals surface area contributed by atoms with Crippen LogP contribution in [0.1, 0.15) is 19.3 Å². The van der Waals surface area contributed by atoms with E-state index in [2.05, 4.69) is 15.2 Å². The van der Waals surface area contributed by atoms with E-state index in [-0.39, 0.29) is 23.8 Å². The first kappa shape index (κ1) is 17.7. The molecule has 1 fully saturated rings. The van der Waals surface area contributed by atoms with Crippen molar-refractivity contribution in [2.24, 2.45) is 0 Å². The number of carbonyl (C=O) groups is 1. The Balaban J connectivity index is 1.66. The van der Waals surface area contributed by atoms with Crippen LogP contribution in [0.15, 0.2) is 40.5 Å². The minimum Gasteiger partial charge on any atom is -0.342 e. The first-order valence-electron chi connectivity index (χ1n) is 8.90. The number of nitrogens with zero attached hydrogens (tertiary/aromatic N) is 3. The third-order valence-electron chi connectivity index (χ3n) is 4.61. The quantitative estimate of drug-likeness (QED) is 0.748. The Morgan fingerprint density at radius 3 is 2.63 bits per heavy atom. The van der Waals surface area contributed by atoms with Gasteiger partial charge >= 0.3 is 0 Å². The topological polar surface area (TPSA) is 67.2 Å². The molecule has 4 rings (SSSR count). The number of hydrogen-bond acceptors (Lipinski definition) is 5. The molecule has 0 saturated carbocycles. The summed E-state index contributed by atoms with van der Waals surface area (Å²) in [6.45, 7) is 1.51. The number of anilines is 2. The maximum atomic E-state index is 13.0. The fourth-order valence-electron chi connectivity index (χ4n) is 3.29. The Labute approximate surface area is 159 Å². The maximum Gasteiger partial charge on any atom is 0.273 e. The van der Waals surface area contributed by atoms with Crippen LogP contribution >= 0.6 is 11.3 Å². The highest BCUT2D eigenvalue weighted by Gasteiger charge is 2.21. The van der Waals surface area contributed by atoms with E-state index in [1.807, 2.05) is 11.4 Å². The summed E-state index contributed by atoms with van der Waals surface area (Å²) in [7, 11) is 0. The fraction of sp³-hybridized carbons (Fsp3) is 0.316. The molecule has 140 valence electrons. The van der Waals surface area contributed by atoms with Crippen molar-refractivity contribution in [2.45, 2.75) is 25.8 Å². The number of aromatic nitrogens is 2. The van der Waals surface area contributed by atoms with Crippen LogP contribution in [0.5, 0.6) is 0 Å². The van der Waals surface area contributed by atoms with E-state index in [9.17, 15) is 14.0 Å². The number of nitrogens with one attached hydrogen (secondary N) is 1. The standard InChI is InChI=1S/C19H19FN4O2S/c20-13-4-6-14(7-5-13)21-16(25)12-24-18(26)17-15(8-11-27-17)22-19(24)23-9-2-1-3-10-23/h4-8,11H,1-3,9-10,12H2,(H,21,25). The predicted molar refractivity (Wildman–Crippen MR) is 105 cm³/mol. The molecular weight excluding hydrogens is 367 g/mol. The highest BCUT2D eigenvalue weighted by atomic mass is 32.1. The molecule has 1 amide bonds. The Kier molecular flexibility index (Phi) is 4.89. The van der Waals surface area contributed by atoms with Crippen molar-refractivity contribution in [3.8, 4) is 0 Å². The Morgan fingerprint density at radius 2 is 1.89 bits per heavy atom. The molecule has 0 spiro atoms. The van der Waals surface area contributed by atoms with Crippen molar-refractivity contribution in [1.82, 2.24) is 9.55 Å². The highest BCUT2D eigenvalue weighted by Crippen LogP contribution is 2.22. The summed E-state index contributed by atoms with van der Waals surface area (Å²) >= 11 is 1.33. The van der Waals surface area contributed by atoms with Gasteiger partial charge in [0.2, 0.25) is 11.9 Å². The van der Waals surface area contributed by atoms with Crippen molar-refractivity contribution in [3.05, 3.63) is 51.9 Å². The van der Waals surface area contributed by atoms with Crippen LogP contribution in [-0.4, -0.2) is 28.5 Å². The van der Waals surface area contributed by atoms with Gasteiger partial charge < -0.3 is 10.2 Å². The van der Waals surface area contributed by atoms with E-state index in [4.69, 9.17) is 0 Å². The number of thiophene rings is 1. The van der Waals surface area contributed by atoms with Gasteiger partial charge in [-0.2, -0.15) is 0 Å². The van der Waals surface area contributed by atoms with E-state index in [1.54, 1.807) is 0 Å². The molecule has 3 aromatic rings. The number of carbonyl (C=O) groups excluding carboxylic acids is 1. The number of halogens is 1. The zero-order valence-corrected chi connectivity index (χ0v) is 15.5. The van der Waals surface area contributed by atoms with Crippen LogP contribution in [0.3, 0.4) is 0 Å². The average Bonchev–Trinajstić information content (AvgIpc) is 3.15. The molecular formula is C19H19FN4O2S. The molecule has 0 unspecified atom stereocenters. The average molecular weight is 386 g/mol. The van der Waals surface area contributed by atoms with Gasteiger partial charge in [0.05, 0.1) is 5.52 Å². The van der Waals surface area contributed by atoms with Gasteiger partial charge in [-0.3, -0.25) is 14.2 Å². The zero-order chi connectivity index (χ0) is 18.8. The molecule has 2 aromatic heterocycles. The minimum atomic E-state index is -0.371. The summed E-state index contributed by atoms with van der Waals surface area (Å²) in [5, 5.41) is 4.54. The van der Waals surface area contributed by atoms with Crippen LogP contribution in [0.4, 0.5) is 16.0 Å². The van der Waals surface area contributed by atoms with Crippen LogP contribution in [-0.2, 0) is 11.3 Å². The number of amides is 1. The van der Waals surface area contributed by atoms with E-state index >= 15 is 0 Å². The Bertz CT molecular complexity index is 1020. The Morgan fingerprint density at radius 1 is 1.15 bits per heavy atom. The smallest absolute Gasteiger partial charge is 0.273 e. The maximum absolute atomic E-state index is 13.0. The molecule has 0 radical (unpaired) electrons. The monoisotopic (exact) mass is 386 g/mol. The molecule has 6 nitrogen and oxygen atoms in total. The van der Waals surface area contributed by atoms with E-state index in [0.29, 0.717) is 21.9 Å². The molecule has 27 heavy (non-hydrogen) atoms. The summed E-state index contributed by atoms with van der Waals surface area (Å²) in [6.07, 6.45) is 3.24. The molecule has 0 aliphatic carbocycles. The van der Waals surface area contributed by atoms with Crippen LogP contribution < -0.4 is 15.8 Å². The van der Waals surface area contributed by atoms with Gasteiger partial charge in [-0.25, -0.2) is 9.37 Å². The number of benzene rings is 1. The molecule has 0 bridgehead atoms. The molecule has 1 aliphatic heterocycles. The minimum absolute atomic E-state index is 0.136. The second-order valence-corrected chi connectivity index (χ2v) is 7.46. The van der Waals surface area contributed by atoms with Gasteiger partial charge in [0, 0.05) is 18.8 Å². The van der Waals surface area contributed by atoms with E-state index < -0.39 is 0 Å². The molecule has 8 heteroatoms. The van der Waals surface area contributed by atoms with Gasteiger partial charge in [0.25, 0.3) is 5.56 Å². The first-order chi connectivity index (χ1) is 13.1. The first-order valence-corrected chi connectivity index (χ1v) is 9.78. The van der Waals surface area contributed by atoms with Crippen molar-refractivity contribution in [1.29, 1.82) is 0 Å². The van der Waals surface area contributed by atoms with Crippen molar-refractivity contribution < 1.29 is 9.18 Å². The molecule has 1 N–H and O–H groups in total. The lowest BCUT2D eigenvalue weighted by atomic mass is 10.1. The molecule has 3 heterocycles.